The molecule has 140 valence electrons. The van der Waals surface area contributed by atoms with E-state index < -0.39 is 0 Å². The average Bonchev–Trinajstić information content (AvgIpc) is 3.38. The molecule has 0 unspecified atom stereocenters. The normalized spacial score (nSPS) is 26.6. The van der Waals surface area contributed by atoms with Crippen LogP contribution in [0.2, 0.25) is 0 Å². The van der Waals surface area contributed by atoms with Crippen LogP contribution in [0.15, 0.2) is 18.2 Å². The Morgan fingerprint density at radius 3 is 2.81 bits per heavy atom. The number of allylic oxidation sites excluding steroid dienone is 2. The van der Waals surface area contributed by atoms with Gasteiger partial charge in [-0.05, 0) is 43.6 Å². The molecule has 1 aromatic rings. The quantitative estimate of drug-likeness (QED) is 0.783. The number of urea groups is 1. The molecule has 1 saturated carbocycles. The van der Waals surface area contributed by atoms with Crippen molar-refractivity contribution in [3.8, 4) is 0 Å². The number of carbonyl (C=O) groups excluding carboxylic acids is 2. The molecule has 26 heavy (non-hydrogen) atoms. The van der Waals surface area contributed by atoms with Crippen LogP contribution in [0.3, 0.4) is 0 Å². The molecular weight excluding hydrogens is 330 g/mol. The molecule has 2 bridgehead atoms. The van der Waals surface area contributed by atoms with Crippen molar-refractivity contribution in [3.05, 3.63) is 29.6 Å². The zero-order valence-corrected chi connectivity index (χ0v) is 15.5. The van der Waals surface area contributed by atoms with Crippen molar-refractivity contribution in [1.29, 1.82) is 0 Å². The Kier molecular flexibility index (Phi) is 4.46. The number of nitrogens with one attached hydrogen (secondary N) is 1. The minimum absolute atomic E-state index is 0.0277. The lowest BCUT2D eigenvalue weighted by molar-refractivity contribution is 0.0699. The van der Waals surface area contributed by atoms with Crippen LogP contribution in [-0.2, 0) is 7.05 Å². The molecule has 2 fully saturated rings. The third-order valence-corrected chi connectivity index (χ3v) is 6.08. The topological polar surface area (TPSA) is 70.5 Å². The van der Waals surface area contributed by atoms with Gasteiger partial charge in [-0.1, -0.05) is 12.2 Å². The van der Waals surface area contributed by atoms with Crippen LogP contribution >= 0.6 is 0 Å². The largest absolute Gasteiger partial charge is 0.336 e. The number of amides is 3. The van der Waals surface area contributed by atoms with E-state index >= 15 is 0 Å². The lowest BCUT2D eigenvalue weighted by atomic mass is 9.93. The van der Waals surface area contributed by atoms with Gasteiger partial charge in [0.2, 0.25) is 0 Å². The lowest BCUT2D eigenvalue weighted by Crippen LogP contribution is -2.42. The smallest absolute Gasteiger partial charge is 0.317 e. The van der Waals surface area contributed by atoms with Gasteiger partial charge in [0.15, 0.2) is 5.69 Å². The van der Waals surface area contributed by atoms with Gasteiger partial charge in [-0.3, -0.25) is 9.48 Å². The van der Waals surface area contributed by atoms with E-state index in [0.29, 0.717) is 49.6 Å². The van der Waals surface area contributed by atoms with Gasteiger partial charge in [-0.25, -0.2) is 4.79 Å². The van der Waals surface area contributed by atoms with Crippen molar-refractivity contribution < 1.29 is 9.59 Å². The second-order valence-electron chi connectivity index (χ2n) is 7.81. The summed E-state index contributed by atoms with van der Waals surface area (Å²) in [6.07, 6.45) is 7.03. The van der Waals surface area contributed by atoms with E-state index in [1.54, 1.807) is 9.58 Å². The predicted octanol–water partition coefficient (Wildman–Crippen LogP) is 1.41. The van der Waals surface area contributed by atoms with E-state index in [0.717, 1.165) is 18.7 Å². The van der Waals surface area contributed by atoms with Gasteiger partial charge < -0.3 is 15.1 Å². The zero-order valence-electron chi connectivity index (χ0n) is 15.5. The van der Waals surface area contributed by atoms with E-state index in [2.05, 4.69) is 22.6 Å². The summed E-state index contributed by atoms with van der Waals surface area (Å²) < 4.78 is 1.74. The standard InChI is InChI=1S/C19H27N5O2/c1-13-9-17(21-22(13)2)18(25)24(8-7-23-6-5-20-19(23)26)12-16-11-14-3-4-15(16)10-14/h3-4,9,14-16H,5-8,10-12H2,1-2H3,(H,20,26)/t14-,15-,16+/m0/s1. The maximum Gasteiger partial charge on any atom is 0.317 e. The fourth-order valence-electron chi connectivity index (χ4n) is 4.46. The summed E-state index contributed by atoms with van der Waals surface area (Å²) in [7, 11) is 1.85. The van der Waals surface area contributed by atoms with Gasteiger partial charge in [-0.2, -0.15) is 5.10 Å². The molecule has 2 aliphatic carbocycles. The fraction of sp³-hybridized carbons (Fsp3) is 0.632. The van der Waals surface area contributed by atoms with Crippen molar-refractivity contribution in [1.82, 2.24) is 24.9 Å². The molecule has 3 amide bonds. The molecule has 2 heterocycles. The Morgan fingerprint density at radius 2 is 2.23 bits per heavy atom. The minimum Gasteiger partial charge on any atom is -0.336 e. The van der Waals surface area contributed by atoms with Crippen molar-refractivity contribution in [2.75, 3.05) is 32.7 Å². The summed E-state index contributed by atoms with van der Waals surface area (Å²) in [6, 6.07) is 1.81. The van der Waals surface area contributed by atoms with E-state index in [4.69, 9.17) is 0 Å². The first-order valence-electron chi connectivity index (χ1n) is 9.52. The third kappa shape index (κ3) is 3.22. The van der Waals surface area contributed by atoms with Gasteiger partial charge in [0.05, 0.1) is 0 Å². The monoisotopic (exact) mass is 357 g/mol. The first-order valence-corrected chi connectivity index (χ1v) is 9.52. The molecule has 3 atom stereocenters. The summed E-state index contributed by atoms with van der Waals surface area (Å²) in [5.41, 5.74) is 1.46. The molecule has 7 nitrogen and oxygen atoms in total. The third-order valence-electron chi connectivity index (χ3n) is 6.08. The van der Waals surface area contributed by atoms with Gasteiger partial charge in [-0.15, -0.1) is 0 Å². The highest BCUT2D eigenvalue weighted by atomic mass is 16.2. The first-order chi connectivity index (χ1) is 12.5. The van der Waals surface area contributed by atoms with Crippen molar-refractivity contribution in [2.24, 2.45) is 24.8 Å². The maximum absolute atomic E-state index is 13.1. The molecule has 1 N–H and O–H groups in total. The van der Waals surface area contributed by atoms with Crippen LogP contribution in [0.5, 0.6) is 0 Å². The van der Waals surface area contributed by atoms with Crippen LogP contribution in [0.4, 0.5) is 4.79 Å². The molecule has 1 saturated heterocycles. The number of nitrogens with zero attached hydrogens (tertiary/aromatic N) is 4. The van der Waals surface area contributed by atoms with E-state index in [1.807, 2.05) is 24.9 Å². The number of hydrogen-bond donors (Lipinski definition) is 1. The summed E-state index contributed by atoms with van der Waals surface area (Å²) in [4.78, 5) is 28.6. The molecule has 1 aromatic heterocycles. The minimum atomic E-state index is -0.0334. The molecule has 0 radical (unpaired) electrons. The van der Waals surface area contributed by atoms with Gasteiger partial charge in [0.25, 0.3) is 5.91 Å². The van der Waals surface area contributed by atoms with Crippen LogP contribution in [0.25, 0.3) is 0 Å². The Labute approximate surface area is 154 Å². The summed E-state index contributed by atoms with van der Waals surface area (Å²) in [5.74, 6) is 1.77. The second-order valence-corrected chi connectivity index (χ2v) is 7.81. The Hall–Kier alpha value is -2.31. The van der Waals surface area contributed by atoms with Crippen LogP contribution in [0, 0.1) is 24.7 Å². The van der Waals surface area contributed by atoms with Crippen LogP contribution in [0.1, 0.15) is 29.0 Å². The zero-order chi connectivity index (χ0) is 18.3. The lowest BCUT2D eigenvalue weighted by Gasteiger charge is -2.29. The molecule has 0 spiro atoms. The second kappa shape index (κ2) is 6.78. The number of carbonyl (C=O) groups is 2. The van der Waals surface area contributed by atoms with E-state index in [9.17, 15) is 9.59 Å². The molecular formula is C19H27N5O2. The Bertz CT molecular complexity index is 721. The highest BCUT2D eigenvalue weighted by Gasteiger charge is 2.37. The number of aryl methyl sites for hydroxylation is 2. The molecule has 1 aliphatic heterocycles. The van der Waals surface area contributed by atoms with Crippen LogP contribution < -0.4 is 5.32 Å². The predicted molar refractivity (Wildman–Crippen MR) is 97.7 cm³/mol. The Balaban J connectivity index is 1.47. The fourth-order valence-corrected chi connectivity index (χ4v) is 4.46. The van der Waals surface area contributed by atoms with Crippen molar-refractivity contribution >= 4 is 11.9 Å². The number of fused-ring (bicyclic) bond motifs is 2. The Morgan fingerprint density at radius 1 is 1.38 bits per heavy atom. The number of hydrogen-bond acceptors (Lipinski definition) is 3. The van der Waals surface area contributed by atoms with Gasteiger partial charge in [0, 0.05) is 45.5 Å². The van der Waals surface area contributed by atoms with Crippen molar-refractivity contribution in [2.45, 2.75) is 19.8 Å². The molecule has 4 rings (SSSR count). The summed E-state index contributed by atoms with van der Waals surface area (Å²) >= 11 is 0. The highest BCUT2D eigenvalue weighted by molar-refractivity contribution is 5.92. The SMILES string of the molecule is Cc1cc(C(=O)N(CCN2CCNC2=O)C[C@H]2C[C@H]3C=C[C@H]2C3)nn1C. The van der Waals surface area contributed by atoms with Crippen molar-refractivity contribution in [3.63, 3.8) is 0 Å². The number of aromatic nitrogens is 2. The maximum atomic E-state index is 13.1. The highest BCUT2D eigenvalue weighted by Crippen LogP contribution is 2.43. The average molecular weight is 357 g/mol. The van der Waals surface area contributed by atoms with Gasteiger partial charge >= 0.3 is 6.03 Å². The summed E-state index contributed by atoms with van der Waals surface area (Å²) in [6.45, 7) is 5.21. The van der Waals surface area contributed by atoms with Crippen LogP contribution in [-0.4, -0.2) is 64.2 Å². The number of rotatable bonds is 6. The summed E-state index contributed by atoms with van der Waals surface area (Å²) in [5, 5.41) is 7.19. The van der Waals surface area contributed by atoms with E-state index in [1.165, 1.54) is 6.42 Å². The van der Waals surface area contributed by atoms with E-state index in [-0.39, 0.29) is 11.9 Å². The molecule has 3 aliphatic rings. The molecule has 0 aromatic carbocycles. The molecule has 7 heteroatoms. The van der Waals surface area contributed by atoms with Gasteiger partial charge in [0.1, 0.15) is 0 Å². The first kappa shape index (κ1) is 17.1.